The van der Waals surface area contributed by atoms with E-state index in [9.17, 15) is 14.4 Å². The van der Waals surface area contributed by atoms with Gasteiger partial charge in [0.15, 0.2) is 18.1 Å². The third kappa shape index (κ3) is 6.32. The molecule has 1 aromatic heterocycles. The highest BCUT2D eigenvalue weighted by atomic mass is 16.5. The molecule has 2 aromatic carbocycles. The standard InChI is InChI=1S/C25H25N3O6/c1-4-33-25(31)19-12-13-20(26-16(19)2)24(30)28-18-9-7-8-17(14-18)27-23(29)15-34-22-11-6-5-10-21(22)32-3/h5-14H,4,15H2,1-3H3,(H,27,29)(H,28,30). The normalized spacial score (nSPS) is 10.2. The maximum Gasteiger partial charge on any atom is 0.339 e. The fraction of sp³-hybridized carbons (Fsp3) is 0.200. The highest BCUT2D eigenvalue weighted by molar-refractivity contribution is 6.04. The second kappa shape index (κ2) is 11.5. The molecule has 0 unspecified atom stereocenters. The molecule has 9 heteroatoms. The van der Waals surface area contributed by atoms with Crippen molar-refractivity contribution in [3.63, 3.8) is 0 Å². The lowest BCUT2D eigenvalue weighted by Gasteiger charge is -2.11. The lowest BCUT2D eigenvalue weighted by Crippen LogP contribution is -2.20. The summed E-state index contributed by atoms with van der Waals surface area (Å²) in [5, 5.41) is 5.45. The second-order valence-corrected chi connectivity index (χ2v) is 7.07. The van der Waals surface area contributed by atoms with Crippen LogP contribution in [-0.2, 0) is 9.53 Å². The van der Waals surface area contributed by atoms with Crippen LogP contribution in [0, 0.1) is 6.92 Å². The lowest BCUT2D eigenvalue weighted by atomic mass is 10.2. The van der Waals surface area contributed by atoms with Crippen LogP contribution in [0.1, 0.15) is 33.5 Å². The van der Waals surface area contributed by atoms with Gasteiger partial charge >= 0.3 is 5.97 Å². The molecule has 0 bridgehead atoms. The van der Waals surface area contributed by atoms with Crippen LogP contribution in [-0.4, -0.2) is 43.1 Å². The Balaban J connectivity index is 1.60. The van der Waals surface area contributed by atoms with Gasteiger partial charge in [-0.3, -0.25) is 9.59 Å². The van der Waals surface area contributed by atoms with Gasteiger partial charge in [0.25, 0.3) is 11.8 Å². The number of benzene rings is 2. The number of pyridine rings is 1. The van der Waals surface area contributed by atoms with Crippen LogP contribution >= 0.6 is 0 Å². The lowest BCUT2D eigenvalue weighted by molar-refractivity contribution is -0.118. The van der Waals surface area contributed by atoms with Crippen molar-refractivity contribution < 1.29 is 28.6 Å². The molecule has 176 valence electrons. The molecule has 0 aliphatic rings. The third-order valence-electron chi connectivity index (χ3n) is 4.65. The number of rotatable bonds is 9. The molecule has 0 aliphatic heterocycles. The molecule has 0 atom stereocenters. The Bertz CT molecular complexity index is 1190. The van der Waals surface area contributed by atoms with Crippen molar-refractivity contribution in [3.05, 3.63) is 77.6 Å². The molecule has 0 fully saturated rings. The van der Waals surface area contributed by atoms with Crippen LogP contribution in [0.25, 0.3) is 0 Å². The smallest absolute Gasteiger partial charge is 0.339 e. The number of esters is 1. The summed E-state index contributed by atoms with van der Waals surface area (Å²) in [5.41, 5.74) is 1.78. The molecule has 0 spiro atoms. The van der Waals surface area contributed by atoms with Crippen LogP contribution in [0.15, 0.2) is 60.7 Å². The van der Waals surface area contributed by atoms with Gasteiger partial charge < -0.3 is 24.8 Å². The maximum atomic E-state index is 12.6. The van der Waals surface area contributed by atoms with E-state index in [1.807, 2.05) is 0 Å². The number of anilines is 2. The Labute approximate surface area is 197 Å². The summed E-state index contributed by atoms with van der Waals surface area (Å²) >= 11 is 0. The van der Waals surface area contributed by atoms with E-state index in [0.717, 1.165) is 0 Å². The molecular formula is C25H25N3O6. The topological polar surface area (TPSA) is 116 Å². The first-order valence-electron chi connectivity index (χ1n) is 10.5. The number of amides is 2. The summed E-state index contributed by atoms with van der Waals surface area (Å²) in [7, 11) is 1.52. The van der Waals surface area contributed by atoms with E-state index < -0.39 is 11.9 Å². The van der Waals surface area contributed by atoms with Gasteiger partial charge in [0.2, 0.25) is 0 Å². The SMILES string of the molecule is CCOC(=O)c1ccc(C(=O)Nc2cccc(NC(=O)COc3ccccc3OC)c2)nc1C. The molecule has 3 aromatic rings. The van der Waals surface area contributed by atoms with Gasteiger partial charge in [-0.15, -0.1) is 0 Å². The van der Waals surface area contributed by atoms with Crippen molar-refractivity contribution in [2.45, 2.75) is 13.8 Å². The molecule has 9 nitrogen and oxygen atoms in total. The van der Waals surface area contributed by atoms with Crippen molar-refractivity contribution in [2.24, 2.45) is 0 Å². The molecule has 2 amide bonds. The van der Waals surface area contributed by atoms with Crippen molar-refractivity contribution in [2.75, 3.05) is 31.0 Å². The van der Waals surface area contributed by atoms with Gasteiger partial charge in [-0.05, 0) is 56.3 Å². The average molecular weight is 463 g/mol. The molecule has 3 rings (SSSR count). The Morgan fingerprint density at radius 3 is 2.29 bits per heavy atom. The third-order valence-corrected chi connectivity index (χ3v) is 4.65. The van der Waals surface area contributed by atoms with Gasteiger partial charge in [-0.1, -0.05) is 18.2 Å². The van der Waals surface area contributed by atoms with E-state index >= 15 is 0 Å². The van der Waals surface area contributed by atoms with Gasteiger partial charge in [0.1, 0.15) is 5.69 Å². The number of methoxy groups -OCH3 is 1. The van der Waals surface area contributed by atoms with Gasteiger partial charge in [-0.25, -0.2) is 9.78 Å². The number of aryl methyl sites for hydroxylation is 1. The number of carbonyl (C=O) groups excluding carboxylic acids is 3. The Hall–Kier alpha value is -4.40. The molecule has 0 radical (unpaired) electrons. The summed E-state index contributed by atoms with van der Waals surface area (Å²) in [6.07, 6.45) is 0. The van der Waals surface area contributed by atoms with E-state index in [-0.39, 0.29) is 24.8 Å². The number of nitrogens with one attached hydrogen (secondary N) is 2. The number of para-hydroxylation sites is 2. The van der Waals surface area contributed by atoms with Gasteiger partial charge in [0, 0.05) is 11.4 Å². The van der Waals surface area contributed by atoms with Crippen LogP contribution in [0.2, 0.25) is 0 Å². The van der Waals surface area contributed by atoms with E-state index in [4.69, 9.17) is 14.2 Å². The van der Waals surface area contributed by atoms with E-state index in [2.05, 4.69) is 15.6 Å². The van der Waals surface area contributed by atoms with E-state index in [0.29, 0.717) is 34.1 Å². The maximum absolute atomic E-state index is 12.6. The molecule has 34 heavy (non-hydrogen) atoms. The van der Waals surface area contributed by atoms with E-state index in [1.165, 1.54) is 19.2 Å². The second-order valence-electron chi connectivity index (χ2n) is 7.07. The minimum atomic E-state index is -0.488. The number of hydrogen-bond acceptors (Lipinski definition) is 7. The summed E-state index contributed by atoms with van der Waals surface area (Å²) in [4.78, 5) is 41.0. The van der Waals surface area contributed by atoms with Crippen molar-refractivity contribution in [3.8, 4) is 11.5 Å². The predicted molar refractivity (Wildman–Crippen MR) is 126 cm³/mol. The van der Waals surface area contributed by atoms with Crippen molar-refractivity contribution >= 4 is 29.2 Å². The van der Waals surface area contributed by atoms with Crippen LogP contribution in [0.5, 0.6) is 11.5 Å². The minimum Gasteiger partial charge on any atom is -0.493 e. The highest BCUT2D eigenvalue weighted by Gasteiger charge is 2.15. The number of nitrogens with zero attached hydrogens (tertiary/aromatic N) is 1. The van der Waals surface area contributed by atoms with Gasteiger partial charge in [-0.2, -0.15) is 0 Å². The molecule has 1 heterocycles. The fourth-order valence-electron chi connectivity index (χ4n) is 3.06. The number of hydrogen-bond donors (Lipinski definition) is 2. The Morgan fingerprint density at radius 1 is 0.912 bits per heavy atom. The molecule has 2 N–H and O–H groups in total. The van der Waals surface area contributed by atoms with Crippen LogP contribution in [0.3, 0.4) is 0 Å². The van der Waals surface area contributed by atoms with Crippen molar-refractivity contribution in [1.82, 2.24) is 4.98 Å². The van der Waals surface area contributed by atoms with Crippen LogP contribution < -0.4 is 20.1 Å². The first-order valence-corrected chi connectivity index (χ1v) is 10.5. The zero-order chi connectivity index (χ0) is 24.5. The highest BCUT2D eigenvalue weighted by Crippen LogP contribution is 2.25. The summed E-state index contributed by atoms with van der Waals surface area (Å²) < 4.78 is 15.7. The molecule has 0 saturated heterocycles. The Kier molecular flexibility index (Phi) is 8.17. The summed E-state index contributed by atoms with van der Waals surface area (Å²) in [5.74, 6) is -0.336. The Morgan fingerprint density at radius 2 is 1.62 bits per heavy atom. The largest absolute Gasteiger partial charge is 0.493 e. The predicted octanol–water partition coefficient (Wildman–Crippen LogP) is 3.85. The first-order chi connectivity index (χ1) is 16.4. The minimum absolute atomic E-state index is 0.144. The first kappa shape index (κ1) is 24.2. The molecule has 0 saturated carbocycles. The summed E-state index contributed by atoms with van der Waals surface area (Å²) in [6.45, 7) is 3.38. The number of carbonyl (C=O) groups is 3. The monoisotopic (exact) mass is 463 g/mol. The quantitative estimate of drug-likeness (QED) is 0.463. The molecule has 0 aliphatic carbocycles. The zero-order valence-corrected chi connectivity index (χ0v) is 19.1. The number of aromatic nitrogens is 1. The molecular weight excluding hydrogens is 438 g/mol. The van der Waals surface area contributed by atoms with Crippen LogP contribution in [0.4, 0.5) is 11.4 Å². The fourth-order valence-corrected chi connectivity index (χ4v) is 3.06. The zero-order valence-electron chi connectivity index (χ0n) is 19.1. The number of ether oxygens (including phenoxy) is 3. The van der Waals surface area contributed by atoms with E-state index in [1.54, 1.807) is 62.4 Å². The summed E-state index contributed by atoms with van der Waals surface area (Å²) in [6, 6.07) is 16.7. The van der Waals surface area contributed by atoms with Gasteiger partial charge in [0.05, 0.1) is 25.0 Å². The average Bonchev–Trinajstić information content (AvgIpc) is 2.83. The van der Waals surface area contributed by atoms with Crippen molar-refractivity contribution in [1.29, 1.82) is 0 Å².